The summed E-state index contributed by atoms with van der Waals surface area (Å²) in [5.41, 5.74) is 4.97. The number of aromatic nitrogens is 2. The Bertz CT molecular complexity index is 343. The lowest BCUT2D eigenvalue weighted by atomic mass is 10.1. The normalized spacial score (nSPS) is 11.6. The highest BCUT2D eigenvalue weighted by Crippen LogP contribution is 2.04. The van der Waals surface area contributed by atoms with Gasteiger partial charge < -0.3 is 5.32 Å². The third kappa shape index (κ3) is 4.86. The van der Waals surface area contributed by atoms with Crippen LogP contribution < -0.4 is 16.6 Å². The lowest BCUT2D eigenvalue weighted by Crippen LogP contribution is -2.42. The number of H-pyrrole nitrogens is 1. The highest BCUT2D eigenvalue weighted by molar-refractivity contribution is 5.79. The molecule has 1 heterocycles. The first-order valence-corrected chi connectivity index (χ1v) is 6.01. The van der Waals surface area contributed by atoms with E-state index in [2.05, 4.69) is 32.9 Å². The van der Waals surface area contributed by atoms with Crippen LogP contribution in [0.3, 0.4) is 0 Å². The van der Waals surface area contributed by atoms with E-state index < -0.39 is 0 Å². The maximum absolute atomic E-state index is 5.36. The number of guanidine groups is 1. The first kappa shape index (κ1) is 13.5. The average Bonchev–Trinajstić information content (AvgIpc) is 2.74. The van der Waals surface area contributed by atoms with Crippen LogP contribution in [0.15, 0.2) is 11.2 Å². The Kier molecular flexibility index (Phi) is 6.09. The molecule has 0 saturated carbocycles. The molecule has 0 atom stereocenters. The van der Waals surface area contributed by atoms with Crippen molar-refractivity contribution in [3.8, 4) is 0 Å². The first-order chi connectivity index (χ1) is 8.27. The zero-order valence-electron chi connectivity index (χ0n) is 10.6. The van der Waals surface area contributed by atoms with Crippen LogP contribution in [-0.4, -0.2) is 29.2 Å². The summed E-state index contributed by atoms with van der Waals surface area (Å²) in [5, 5.41) is 10.1. The van der Waals surface area contributed by atoms with Gasteiger partial charge in [-0.2, -0.15) is 5.10 Å². The number of hydrogen-bond donors (Lipinski definition) is 4. The topological polar surface area (TPSA) is 91.1 Å². The quantitative estimate of drug-likeness (QED) is 0.191. The monoisotopic (exact) mass is 238 g/mol. The standard InChI is InChI=1S/C11H22N6/c1-3-6-13-11(16-12)14-7-4-5-10-8-15-17-9(10)2/h8H,3-7,12H2,1-2H3,(H,15,17)(H2,13,14,16). The van der Waals surface area contributed by atoms with Crippen LogP contribution in [0.2, 0.25) is 0 Å². The van der Waals surface area contributed by atoms with E-state index in [1.165, 1.54) is 5.56 Å². The molecular weight excluding hydrogens is 216 g/mol. The van der Waals surface area contributed by atoms with Gasteiger partial charge >= 0.3 is 0 Å². The Balaban J connectivity index is 2.21. The Morgan fingerprint density at radius 3 is 3.00 bits per heavy atom. The molecule has 0 aliphatic heterocycles. The fourth-order valence-corrected chi connectivity index (χ4v) is 1.49. The Morgan fingerprint density at radius 2 is 2.41 bits per heavy atom. The Hall–Kier alpha value is -1.56. The minimum atomic E-state index is 0.663. The zero-order chi connectivity index (χ0) is 12.5. The molecule has 6 heteroatoms. The minimum absolute atomic E-state index is 0.663. The van der Waals surface area contributed by atoms with Crippen LogP contribution in [0.25, 0.3) is 0 Å². The van der Waals surface area contributed by atoms with Crippen molar-refractivity contribution in [2.45, 2.75) is 33.1 Å². The fraction of sp³-hybridized carbons (Fsp3) is 0.636. The van der Waals surface area contributed by atoms with Crippen molar-refractivity contribution in [2.24, 2.45) is 10.8 Å². The van der Waals surface area contributed by atoms with Crippen LogP contribution in [0, 0.1) is 6.92 Å². The van der Waals surface area contributed by atoms with Gasteiger partial charge in [0.15, 0.2) is 0 Å². The van der Waals surface area contributed by atoms with Crippen molar-refractivity contribution in [1.29, 1.82) is 0 Å². The molecule has 1 rings (SSSR count). The number of hydrogen-bond acceptors (Lipinski definition) is 3. The van der Waals surface area contributed by atoms with E-state index in [1.54, 1.807) is 0 Å². The molecule has 1 aromatic rings. The van der Waals surface area contributed by atoms with E-state index in [4.69, 9.17) is 5.84 Å². The van der Waals surface area contributed by atoms with Crippen LogP contribution in [0.4, 0.5) is 0 Å². The van der Waals surface area contributed by atoms with Gasteiger partial charge in [0.05, 0.1) is 6.20 Å². The summed E-state index contributed by atoms with van der Waals surface area (Å²) in [6.45, 7) is 5.75. The second kappa shape index (κ2) is 7.67. The van der Waals surface area contributed by atoms with E-state index in [1.807, 2.05) is 13.1 Å². The number of aliphatic imine (C=N–C) groups is 1. The molecule has 0 aromatic carbocycles. The molecule has 17 heavy (non-hydrogen) atoms. The second-order valence-corrected chi connectivity index (χ2v) is 3.93. The molecule has 0 aliphatic rings. The van der Waals surface area contributed by atoms with Crippen LogP contribution in [-0.2, 0) is 6.42 Å². The maximum Gasteiger partial charge on any atom is 0.205 e. The summed E-state index contributed by atoms with van der Waals surface area (Å²) in [5.74, 6) is 6.02. The number of nitrogens with zero attached hydrogens (tertiary/aromatic N) is 2. The molecule has 0 fully saturated rings. The van der Waals surface area contributed by atoms with Crippen molar-refractivity contribution < 1.29 is 0 Å². The smallest absolute Gasteiger partial charge is 0.205 e. The Morgan fingerprint density at radius 1 is 1.59 bits per heavy atom. The van der Waals surface area contributed by atoms with E-state index in [0.717, 1.165) is 38.0 Å². The van der Waals surface area contributed by atoms with Gasteiger partial charge in [-0.15, -0.1) is 0 Å². The van der Waals surface area contributed by atoms with Gasteiger partial charge in [0.1, 0.15) is 0 Å². The fourth-order valence-electron chi connectivity index (χ4n) is 1.49. The average molecular weight is 238 g/mol. The lowest BCUT2D eigenvalue weighted by Gasteiger charge is -2.08. The third-order valence-corrected chi connectivity index (χ3v) is 2.48. The molecule has 96 valence electrons. The Labute approximate surface area is 102 Å². The molecule has 1 aromatic heterocycles. The first-order valence-electron chi connectivity index (χ1n) is 6.01. The van der Waals surface area contributed by atoms with Gasteiger partial charge in [0, 0.05) is 18.8 Å². The number of rotatable bonds is 6. The van der Waals surface area contributed by atoms with Crippen LogP contribution in [0.1, 0.15) is 31.0 Å². The summed E-state index contributed by atoms with van der Waals surface area (Å²) < 4.78 is 0. The predicted molar refractivity (Wildman–Crippen MR) is 69.6 cm³/mol. The maximum atomic E-state index is 5.36. The van der Waals surface area contributed by atoms with E-state index in [0.29, 0.717) is 5.96 Å². The number of hydrazine groups is 1. The minimum Gasteiger partial charge on any atom is -0.355 e. The third-order valence-electron chi connectivity index (χ3n) is 2.48. The van der Waals surface area contributed by atoms with E-state index >= 15 is 0 Å². The number of nitrogens with two attached hydrogens (primary N) is 1. The molecule has 6 nitrogen and oxygen atoms in total. The highest BCUT2D eigenvalue weighted by Gasteiger charge is 2.00. The molecular formula is C11H22N6. The van der Waals surface area contributed by atoms with Gasteiger partial charge in [0.2, 0.25) is 5.96 Å². The highest BCUT2D eigenvalue weighted by atomic mass is 15.3. The van der Waals surface area contributed by atoms with Crippen molar-refractivity contribution in [3.05, 3.63) is 17.5 Å². The molecule has 0 amide bonds. The predicted octanol–water partition coefficient (Wildman–Crippen LogP) is 0.470. The summed E-state index contributed by atoms with van der Waals surface area (Å²) in [6, 6.07) is 0. The van der Waals surface area contributed by atoms with Gasteiger partial charge in [-0.25, -0.2) is 5.84 Å². The molecule has 0 spiro atoms. The molecule has 0 saturated heterocycles. The van der Waals surface area contributed by atoms with Gasteiger partial charge in [0.25, 0.3) is 0 Å². The number of aromatic amines is 1. The van der Waals surface area contributed by atoms with Gasteiger partial charge in [-0.3, -0.25) is 15.5 Å². The summed E-state index contributed by atoms with van der Waals surface area (Å²) in [7, 11) is 0. The summed E-state index contributed by atoms with van der Waals surface area (Å²) in [4.78, 5) is 4.26. The number of aryl methyl sites for hydroxylation is 2. The van der Waals surface area contributed by atoms with Crippen molar-refractivity contribution in [2.75, 3.05) is 13.1 Å². The molecule has 5 N–H and O–H groups in total. The largest absolute Gasteiger partial charge is 0.355 e. The molecule has 0 aliphatic carbocycles. The van der Waals surface area contributed by atoms with Gasteiger partial charge in [-0.1, -0.05) is 6.92 Å². The van der Waals surface area contributed by atoms with Crippen molar-refractivity contribution >= 4 is 5.96 Å². The zero-order valence-corrected chi connectivity index (χ0v) is 10.6. The summed E-state index contributed by atoms with van der Waals surface area (Å²) in [6.07, 6.45) is 4.91. The van der Waals surface area contributed by atoms with Crippen molar-refractivity contribution in [1.82, 2.24) is 20.9 Å². The second-order valence-electron chi connectivity index (χ2n) is 3.93. The van der Waals surface area contributed by atoms with Gasteiger partial charge in [-0.05, 0) is 31.7 Å². The van der Waals surface area contributed by atoms with Crippen LogP contribution >= 0.6 is 0 Å². The van der Waals surface area contributed by atoms with Crippen LogP contribution in [0.5, 0.6) is 0 Å². The lowest BCUT2D eigenvalue weighted by molar-refractivity contribution is 0.742. The number of nitrogens with one attached hydrogen (secondary N) is 3. The van der Waals surface area contributed by atoms with E-state index in [-0.39, 0.29) is 0 Å². The van der Waals surface area contributed by atoms with E-state index in [9.17, 15) is 0 Å². The molecule has 0 bridgehead atoms. The molecule has 0 radical (unpaired) electrons. The SMILES string of the molecule is CCCN=C(NN)NCCCc1cn[nH]c1C. The van der Waals surface area contributed by atoms with Crippen molar-refractivity contribution in [3.63, 3.8) is 0 Å². The molecule has 0 unspecified atom stereocenters. The summed E-state index contributed by atoms with van der Waals surface area (Å²) >= 11 is 0.